The van der Waals surface area contributed by atoms with Crippen LogP contribution < -0.4 is 5.32 Å². The molecule has 144 valence electrons. The van der Waals surface area contributed by atoms with Crippen LogP contribution in [0.2, 0.25) is 0 Å². The number of esters is 1. The molecule has 5 nitrogen and oxygen atoms in total. The molecule has 4 rings (SSSR count). The molecule has 1 aliphatic heterocycles. The van der Waals surface area contributed by atoms with Crippen LogP contribution in [0.5, 0.6) is 0 Å². The van der Waals surface area contributed by atoms with Crippen molar-refractivity contribution >= 4 is 33.4 Å². The summed E-state index contributed by atoms with van der Waals surface area (Å²) in [5, 5.41) is 7.19. The molecule has 5 heteroatoms. The third-order valence-electron chi connectivity index (χ3n) is 5.32. The Labute approximate surface area is 163 Å². The third kappa shape index (κ3) is 3.58. The molecule has 1 fully saturated rings. The summed E-state index contributed by atoms with van der Waals surface area (Å²) < 4.78 is 10.4. The Morgan fingerprint density at radius 2 is 1.75 bits per heavy atom. The van der Waals surface area contributed by atoms with Crippen molar-refractivity contribution in [2.24, 2.45) is 0 Å². The van der Waals surface area contributed by atoms with Gasteiger partial charge in [0.15, 0.2) is 0 Å². The first kappa shape index (κ1) is 18.4. The van der Waals surface area contributed by atoms with E-state index < -0.39 is 18.1 Å². The van der Waals surface area contributed by atoms with Gasteiger partial charge in [0, 0.05) is 13.0 Å². The predicted octanol–water partition coefficient (Wildman–Crippen LogP) is 3.37. The molecule has 1 aliphatic rings. The summed E-state index contributed by atoms with van der Waals surface area (Å²) in [6, 6.07) is 17.6. The molecule has 0 unspecified atom stereocenters. The maximum absolute atomic E-state index is 12.5. The molecule has 0 radical (unpaired) electrons. The number of rotatable bonds is 5. The number of carbonyl (C=O) groups excluding carboxylic acids is 2. The van der Waals surface area contributed by atoms with Crippen molar-refractivity contribution in [2.45, 2.75) is 31.4 Å². The van der Waals surface area contributed by atoms with Crippen molar-refractivity contribution in [3.8, 4) is 0 Å². The summed E-state index contributed by atoms with van der Waals surface area (Å²) in [6.07, 6.45) is 1.40. The highest BCUT2D eigenvalue weighted by molar-refractivity contribution is 6.02. The van der Waals surface area contributed by atoms with Crippen molar-refractivity contribution in [3.63, 3.8) is 0 Å². The van der Waals surface area contributed by atoms with Crippen LogP contribution in [0.3, 0.4) is 0 Å². The van der Waals surface area contributed by atoms with Crippen LogP contribution >= 0.6 is 0 Å². The maximum Gasteiger partial charge on any atom is 0.328 e. The van der Waals surface area contributed by atoms with Crippen molar-refractivity contribution < 1.29 is 19.1 Å². The second kappa shape index (κ2) is 7.98. The Morgan fingerprint density at radius 3 is 2.32 bits per heavy atom. The molecule has 0 bridgehead atoms. The molecular formula is C23H23NO4. The molecule has 3 aromatic carbocycles. The zero-order valence-electron chi connectivity index (χ0n) is 15.8. The molecule has 28 heavy (non-hydrogen) atoms. The number of nitrogens with one attached hydrogen (secondary N) is 1. The molecule has 2 atom stereocenters. The minimum Gasteiger partial charge on any atom is -0.467 e. The van der Waals surface area contributed by atoms with E-state index in [1.807, 2.05) is 36.4 Å². The SMILES string of the molecule is COC(=O)[C@@H](Cc1c2ccccc2cc2ccccc12)NC(=O)[C@@H]1CCCO1. The van der Waals surface area contributed by atoms with Gasteiger partial charge in [-0.05, 0) is 46.0 Å². The van der Waals surface area contributed by atoms with Gasteiger partial charge >= 0.3 is 5.97 Å². The van der Waals surface area contributed by atoms with Gasteiger partial charge in [0.2, 0.25) is 5.91 Å². The fourth-order valence-electron chi connectivity index (χ4n) is 3.92. The summed E-state index contributed by atoms with van der Waals surface area (Å²) in [5.74, 6) is -0.708. The van der Waals surface area contributed by atoms with Gasteiger partial charge in [-0.3, -0.25) is 4.79 Å². The van der Waals surface area contributed by atoms with Crippen LogP contribution in [0.4, 0.5) is 0 Å². The lowest BCUT2D eigenvalue weighted by molar-refractivity contribution is -0.146. The third-order valence-corrected chi connectivity index (χ3v) is 5.32. The molecule has 0 saturated carbocycles. The lowest BCUT2D eigenvalue weighted by atomic mass is 9.92. The van der Waals surface area contributed by atoms with Crippen molar-refractivity contribution in [3.05, 3.63) is 60.2 Å². The number of ether oxygens (including phenoxy) is 2. The molecule has 1 saturated heterocycles. The highest BCUT2D eigenvalue weighted by Gasteiger charge is 2.29. The van der Waals surface area contributed by atoms with E-state index in [9.17, 15) is 9.59 Å². The number of benzene rings is 3. The molecule has 1 amide bonds. The lowest BCUT2D eigenvalue weighted by Gasteiger charge is -2.20. The number of hydrogen-bond donors (Lipinski definition) is 1. The van der Waals surface area contributed by atoms with Crippen LogP contribution in [0.25, 0.3) is 21.5 Å². The summed E-state index contributed by atoms with van der Waals surface area (Å²) in [5.41, 5.74) is 1.02. The van der Waals surface area contributed by atoms with E-state index in [0.29, 0.717) is 19.4 Å². The largest absolute Gasteiger partial charge is 0.467 e. The zero-order chi connectivity index (χ0) is 19.5. The highest BCUT2D eigenvalue weighted by atomic mass is 16.5. The van der Waals surface area contributed by atoms with E-state index in [-0.39, 0.29) is 5.91 Å². The molecule has 1 N–H and O–H groups in total. The van der Waals surface area contributed by atoms with Gasteiger partial charge in [-0.25, -0.2) is 4.79 Å². The van der Waals surface area contributed by atoms with Gasteiger partial charge in [0.05, 0.1) is 7.11 Å². The van der Waals surface area contributed by atoms with Crippen LogP contribution in [0.15, 0.2) is 54.6 Å². The summed E-state index contributed by atoms with van der Waals surface area (Å²) in [6.45, 7) is 0.578. The van der Waals surface area contributed by atoms with E-state index in [4.69, 9.17) is 9.47 Å². The number of hydrogen-bond acceptors (Lipinski definition) is 4. The van der Waals surface area contributed by atoms with Gasteiger partial charge in [0.1, 0.15) is 12.1 Å². The first-order valence-corrected chi connectivity index (χ1v) is 9.56. The second-order valence-electron chi connectivity index (χ2n) is 7.09. The minimum absolute atomic E-state index is 0.252. The normalized spacial score (nSPS) is 17.5. The standard InChI is InChI=1S/C23H23NO4/c1-27-23(26)20(24-22(25)21-11-6-12-28-21)14-19-17-9-4-2-7-15(17)13-16-8-3-5-10-18(16)19/h2-5,7-10,13,20-21H,6,11-12,14H2,1H3,(H,24,25)/t20-,21+/m1/s1. The van der Waals surface area contributed by atoms with Gasteiger partial charge in [0.25, 0.3) is 0 Å². The Morgan fingerprint density at radius 1 is 1.11 bits per heavy atom. The first-order chi connectivity index (χ1) is 13.7. The summed E-state index contributed by atoms with van der Waals surface area (Å²) in [4.78, 5) is 25.0. The molecule has 0 aromatic heterocycles. The second-order valence-corrected chi connectivity index (χ2v) is 7.09. The highest BCUT2D eigenvalue weighted by Crippen LogP contribution is 2.29. The van der Waals surface area contributed by atoms with Crippen molar-refractivity contribution in [2.75, 3.05) is 13.7 Å². The first-order valence-electron chi connectivity index (χ1n) is 9.56. The maximum atomic E-state index is 12.5. The van der Waals surface area contributed by atoms with Gasteiger partial charge in [-0.1, -0.05) is 48.5 Å². The Bertz CT molecular complexity index is 969. The molecule has 3 aromatic rings. The van der Waals surface area contributed by atoms with Gasteiger partial charge in [-0.2, -0.15) is 0 Å². The zero-order valence-corrected chi connectivity index (χ0v) is 15.8. The Balaban J connectivity index is 1.73. The number of amides is 1. The number of methoxy groups -OCH3 is 1. The van der Waals surface area contributed by atoms with Gasteiger partial charge < -0.3 is 14.8 Å². The summed E-state index contributed by atoms with van der Waals surface area (Å²) >= 11 is 0. The average Bonchev–Trinajstić information content (AvgIpc) is 3.27. The molecule has 0 aliphatic carbocycles. The van der Waals surface area contributed by atoms with Gasteiger partial charge in [-0.15, -0.1) is 0 Å². The van der Waals surface area contributed by atoms with Crippen LogP contribution in [0, 0.1) is 0 Å². The molecule has 1 heterocycles. The van der Waals surface area contributed by atoms with Crippen molar-refractivity contribution in [1.82, 2.24) is 5.32 Å². The molecule has 0 spiro atoms. The van der Waals surface area contributed by atoms with E-state index >= 15 is 0 Å². The number of carbonyl (C=O) groups is 2. The lowest BCUT2D eigenvalue weighted by Crippen LogP contribution is -2.47. The topological polar surface area (TPSA) is 64.6 Å². The Kier molecular flexibility index (Phi) is 5.26. The van der Waals surface area contributed by atoms with Crippen LogP contribution in [0.1, 0.15) is 18.4 Å². The fourth-order valence-corrected chi connectivity index (χ4v) is 3.92. The van der Waals surface area contributed by atoms with Crippen LogP contribution in [-0.2, 0) is 25.5 Å². The van der Waals surface area contributed by atoms with E-state index in [1.165, 1.54) is 7.11 Å². The molecular weight excluding hydrogens is 354 g/mol. The average molecular weight is 377 g/mol. The smallest absolute Gasteiger partial charge is 0.328 e. The summed E-state index contributed by atoms with van der Waals surface area (Å²) in [7, 11) is 1.34. The van der Waals surface area contributed by atoms with E-state index in [0.717, 1.165) is 33.5 Å². The van der Waals surface area contributed by atoms with Crippen LogP contribution in [-0.4, -0.2) is 37.7 Å². The van der Waals surface area contributed by atoms with Crippen molar-refractivity contribution in [1.29, 1.82) is 0 Å². The number of fused-ring (bicyclic) bond motifs is 2. The monoisotopic (exact) mass is 377 g/mol. The fraction of sp³-hybridized carbons (Fsp3) is 0.304. The van der Waals surface area contributed by atoms with E-state index in [1.54, 1.807) is 0 Å². The Hall–Kier alpha value is -2.92. The van der Waals surface area contributed by atoms with E-state index in [2.05, 4.69) is 23.5 Å². The minimum atomic E-state index is -0.768. The predicted molar refractivity (Wildman–Crippen MR) is 108 cm³/mol. The quantitative estimate of drug-likeness (QED) is 0.547.